The SMILES string of the molecule is O=C(NCCC(O)C(=O)O)c1cccn1CC(F)(F)F. The first-order valence-corrected chi connectivity index (χ1v) is 5.61. The summed E-state index contributed by atoms with van der Waals surface area (Å²) in [6.07, 6.45) is -5.19. The van der Waals surface area contributed by atoms with Crippen LogP contribution in [0.3, 0.4) is 0 Å². The zero-order valence-electron chi connectivity index (χ0n) is 10.2. The van der Waals surface area contributed by atoms with E-state index in [1.54, 1.807) is 0 Å². The van der Waals surface area contributed by atoms with Gasteiger partial charge < -0.3 is 20.1 Å². The Morgan fingerprint density at radius 2 is 2.05 bits per heavy atom. The molecular weight excluding hydrogens is 281 g/mol. The summed E-state index contributed by atoms with van der Waals surface area (Å²) in [4.78, 5) is 22.0. The number of nitrogens with one attached hydrogen (secondary N) is 1. The van der Waals surface area contributed by atoms with Crippen LogP contribution in [0.15, 0.2) is 18.3 Å². The monoisotopic (exact) mass is 294 g/mol. The highest BCUT2D eigenvalue weighted by Crippen LogP contribution is 2.18. The molecular formula is C11H13F3N2O4. The largest absolute Gasteiger partial charge is 0.479 e. The lowest BCUT2D eigenvalue weighted by Gasteiger charge is -2.12. The third kappa shape index (κ3) is 4.92. The van der Waals surface area contributed by atoms with Crippen LogP contribution >= 0.6 is 0 Å². The van der Waals surface area contributed by atoms with Gasteiger partial charge in [0.1, 0.15) is 12.2 Å². The molecule has 0 aliphatic carbocycles. The van der Waals surface area contributed by atoms with Crippen molar-refractivity contribution in [3.8, 4) is 0 Å². The predicted octanol–water partition coefficient (Wildman–Crippen LogP) is 0.616. The van der Waals surface area contributed by atoms with Gasteiger partial charge in [-0.15, -0.1) is 0 Å². The molecule has 0 radical (unpaired) electrons. The van der Waals surface area contributed by atoms with Crippen LogP contribution in [0.4, 0.5) is 13.2 Å². The number of nitrogens with zero attached hydrogens (tertiary/aromatic N) is 1. The van der Waals surface area contributed by atoms with Crippen LogP contribution in [-0.2, 0) is 11.3 Å². The molecule has 1 rings (SSSR count). The van der Waals surface area contributed by atoms with Crippen molar-refractivity contribution in [2.45, 2.75) is 25.2 Å². The molecule has 1 atom stereocenters. The first-order valence-electron chi connectivity index (χ1n) is 5.61. The van der Waals surface area contributed by atoms with Crippen LogP contribution in [0.25, 0.3) is 0 Å². The summed E-state index contributed by atoms with van der Waals surface area (Å²) in [6.45, 7) is -1.45. The minimum atomic E-state index is -4.45. The van der Waals surface area contributed by atoms with Gasteiger partial charge in [0, 0.05) is 19.2 Å². The number of carbonyl (C=O) groups excluding carboxylic acids is 1. The van der Waals surface area contributed by atoms with Crippen LogP contribution in [0, 0.1) is 0 Å². The lowest BCUT2D eigenvalue weighted by atomic mass is 10.2. The van der Waals surface area contributed by atoms with E-state index in [2.05, 4.69) is 5.32 Å². The molecule has 20 heavy (non-hydrogen) atoms. The number of carbonyl (C=O) groups is 2. The Balaban J connectivity index is 2.56. The molecule has 1 aromatic heterocycles. The second-order valence-electron chi connectivity index (χ2n) is 4.04. The van der Waals surface area contributed by atoms with Crippen LogP contribution in [0.2, 0.25) is 0 Å². The Hall–Kier alpha value is -2.03. The molecule has 0 fully saturated rings. The van der Waals surface area contributed by atoms with Crippen molar-refractivity contribution in [2.75, 3.05) is 6.54 Å². The average Bonchev–Trinajstić information content (AvgIpc) is 2.74. The second-order valence-corrected chi connectivity index (χ2v) is 4.04. The van der Waals surface area contributed by atoms with Gasteiger partial charge in [-0.3, -0.25) is 4.79 Å². The number of aliphatic carboxylic acids is 1. The van der Waals surface area contributed by atoms with Gasteiger partial charge in [-0.25, -0.2) is 4.79 Å². The van der Waals surface area contributed by atoms with Crippen molar-refractivity contribution in [2.24, 2.45) is 0 Å². The lowest BCUT2D eigenvalue weighted by molar-refractivity contribution is -0.146. The molecule has 0 aliphatic rings. The number of alkyl halides is 3. The Bertz CT molecular complexity index is 484. The highest BCUT2D eigenvalue weighted by Gasteiger charge is 2.29. The molecule has 6 nitrogen and oxygen atoms in total. The van der Waals surface area contributed by atoms with Crippen LogP contribution in [0.5, 0.6) is 0 Å². The average molecular weight is 294 g/mol. The molecule has 1 amide bonds. The summed E-state index contributed by atoms with van der Waals surface area (Å²) in [5.41, 5.74) is -0.188. The second kappa shape index (κ2) is 6.42. The Morgan fingerprint density at radius 3 is 2.60 bits per heavy atom. The third-order valence-electron chi connectivity index (χ3n) is 2.40. The number of aliphatic hydroxyl groups is 1. The molecule has 9 heteroatoms. The highest BCUT2D eigenvalue weighted by molar-refractivity contribution is 5.92. The molecule has 0 bridgehead atoms. The van der Waals surface area contributed by atoms with Gasteiger partial charge in [-0.05, 0) is 12.1 Å². The lowest BCUT2D eigenvalue weighted by Crippen LogP contribution is -2.32. The predicted molar refractivity (Wildman–Crippen MR) is 61.1 cm³/mol. The van der Waals surface area contributed by atoms with E-state index in [-0.39, 0.29) is 18.7 Å². The van der Waals surface area contributed by atoms with Crippen molar-refractivity contribution in [1.82, 2.24) is 9.88 Å². The van der Waals surface area contributed by atoms with E-state index < -0.39 is 30.7 Å². The fraction of sp³-hybridized carbons (Fsp3) is 0.455. The molecule has 0 aliphatic heterocycles. The molecule has 112 valence electrons. The van der Waals surface area contributed by atoms with Crippen molar-refractivity contribution in [1.29, 1.82) is 0 Å². The van der Waals surface area contributed by atoms with Crippen molar-refractivity contribution >= 4 is 11.9 Å². The molecule has 1 unspecified atom stereocenters. The first-order chi connectivity index (χ1) is 9.20. The van der Waals surface area contributed by atoms with Crippen molar-refractivity contribution in [3.05, 3.63) is 24.0 Å². The molecule has 0 spiro atoms. The maximum Gasteiger partial charge on any atom is 0.406 e. The van der Waals surface area contributed by atoms with E-state index in [4.69, 9.17) is 10.2 Å². The number of hydrogen-bond donors (Lipinski definition) is 3. The molecule has 1 heterocycles. The van der Waals surface area contributed by atoms with E-state index >= 15 is 0 Å². The topological polar surface area (TPSA) is 91.6 Å². The minimum absolute atomic E-state index is 0.163. The van der Waals surface area contributed by atoms with Crippen molar-refractivity contribution < 1.29 is 33.0 Å². The zero-order valence-corrected chi connectivity index (χ0v) is 10.2. The van der Waals surface area contributed by atoms with Gasteiger partial charge in [0.2, 0.25) is 0 Å². The molecule has 1 aromatic rings. The summed E-state index contributed by atoms with van der Waals surface area (Å²) in [5.74, 6) is -2.20. The van der Waals surface area contributed by atoms with Gasteiger partial charge in [0.05, 0.1) is 0 Å². The van der Waals surface area contributed by atoms with E-state index in [0.717, 1.165) is 10.8 Å². The van der Waals surface area contributed by atoms with Crippen LogP contribution in [0.1, 0.15) is 16.9 Å². The number of amides is 1. The van der Waals surface area contributed by atoms with E-state index in [1.165, 1.54) is 12.1 Å². The van der Waals surface area contributed by atoms with Crippen molar-refractivity contribution in [3.63, 3.8) is 0 Å². The maximum atomic E-state index is 12.3. The number of halogens is 3. The third-order valence-corrected chi connectivity index (χ3v) is 2.40. The Labute approximate surface area is 111 Å². The fourth-order valence-corrected chi connectivity index (χ4v) is 1.49. The van der Waals surface area contributed by atoms with E-state index in [9.17, 15) is 22.8 Å². The first kappa shape index (κ1) is 16.0. The number of aromatic nitrogens is 1. The Morgan fingerprint density at radius 1 is 1.40 bits per heavy atom. The number of rotatable bonds is 6. The smallest absolute Gasteiger partial charge is 0.406 e. The number of aliphatic hydroxyl groups excluding tert-OH is 1. The fourth-order valence-electron chi connectivity index (χ4n) is 1.49. The van der Waals surface area contributed by atoms with Gasteiger partial charge in [0.15, 0.2) is 6.10 Å². The Kier molecular flexibility index (Phi) is 5.14. The quantitative estimate of drug-likeness (QED) is 0.717. The summed E-state index contributed by atoms with van der Waals surface area (Å²) in [6, 6.07) is 2.52. The standard InChI is InChI=1S/C11H13F3N2O4/c12-11(13,14)6-16-5-1-2-7(16)9(18)15-4-3-8(17)10(19)20/h1-2,5,8,17H,3-4,6H2,(H,15,18)(H,19,20). The summed E-state index contributed by atoms with van der Waals surface area (Å²) < 4.78 is 37.5. The van der Waals surface area contributed by atoms with E-state index in [0.29, 0.717) is 0 Å². The molecule has 0 aromatic carbocycles. The minimum Gasteiger partial charge on any atom is -0.479 e. The number of carboxylic acids is 1. The van der Waals surface area contributed by atoms with Gasteiger partial charge in [-0.1, -0.05) is 0 Å². The maximum absolute atomic E-state index is 12.3. The molecule has 0 saturated carbocycles. The van der Waals surface area contributed by atoms with Crippen LogP contribution < -0.4 is 5.32 Å². The van der Waals surface area contributed by atoms with Gasteiger partial charge in [-0.2, -0.15) is 13.2 Å². The van der Waals surface area contributed by atoms with E-state index in [1.807, 2.05) is 0 Å². The van der Waals surface area contributed by atoms with Gasteiger partial charge in [0.25, 0.3) is 5.91 Å². The summed E-state index contributed by atoms with van der Waals surface area (Å²) >= 11 is 0. The van der Waals surface area contributed by atoms with Crippen LogP contribution in [-0.4, -0.2) is 45.5 Å². The zero-order chi connectivity index (χ0) is 15.3. The number of hydrogen-bond acceptors (Lipinski definition) is 3. The highest BCUT2D eigenvalue weighted by atomic mass is 19.4. The van der Waals surface area contributed by atoms with Gasteiger partial charge >= 0.3 is 12.1 Å². The molecule has 0 saturated heterocycles. The number of carboxylic acid groups (broad SMARTS) is 1. The summed E-state index contributed by atoms with van der Waals surface area (Å²) in [5, 5.41) is 19.6. The normalized spacial score (nSPS) is 13.0. The summed E-state index contributed by atoms with van der Waals surface area (Å²) in [7, 11) is 0. The molecule has 3 N–H and O–H groups in total.